The van der Waals surface area contributed by atoms with Gasteiger partial charge >= 0.3 is 6.09 Å². The molecular weight excluding hydrogens is 418 g/mol. The van der Waals surface area contributed by atoms with Gasteiger partial charge in [-0.2, -0.15) is 0 Å². The minimum atomic E-state index is -0.701. The third kappa shape index (κ3) is 4.92. The lowest BCUT2D eigenvalue weighted by Crippen LogP contribution is -2.64. The van der Waals surface area contributed by atoms with Crippen LogP contribution in [0.25, 0.3) is 0 Å². The van der Waals surface area contributed by atoms with Crippen molar-refractivity contribution in [2.75, 3.05) is 26.2 Å². The molecule has 2 aliphatic rings. The zero-order valence-corrected chi connectivity index (χ0v) is 18.6. The third-order valence-corrected chi connectivity index (χ3v) is 6.54. The van der Waals surface area contributed by atoms with Gasteiger partial charge < -0.3 is 19.9 Å². The molecule has 2 aromatic carbocycles. The van der Waals surface area contributed by atoms with Gasteiger partial charge in [0.2, 0.25) is 11.8 Å². The number of carbonyl (C=O) groups excluding carboxylic acids is 3. The standard InChI is InChI=1S/C26H29N3O4/c1-2-23(30)28-15-13-26(14-16-28,21-11-7-4-8-12-21)24(31)27-22-17-29(18-22)25(32)33-19-20-9-5-3-6-10-20/h2-12,22H,1,13-19H2,(H,27,31). The second kappa shape index (κ2) is 9.90. The highest BCUT2D eigenvalue weighted by Crippen LogP contribution is 2.36. The summed E-state index contributed by atoms with van der Waals surface area (Å²) in [4.78, 5) is 41.1. The van der Waals surface area contributed by atoms with Crippen molar-refractivity contribution in [3.63, 3.8) is 0 Å². The normalized spacial score (nSPS) is 17.6. The van der Waals surface area contributed by atoms with Gasteiger partial charge in [0.05, 0.1) is 11.5 Å². The van der Waals surface area contributed by atoms with Crippen LogP contribution < -0.4 is 5.32 Å². The molecule has 2 aliphatic heterocycles. The van der Waals surface area contributed by atoms with Gasteiger partial charge in [0.15, 0.2) is 0 Å². The largest absolute Gasteiger partial charge is 0.445 e. The number of hydrogen-bond acceptors (Lipinski definition) is 4. The minimum absolute atomic E-state index is 0.0540. The average molecular weight is 448 g/mol. The van der Waals surface area contributed by atoms with Gasteiger partial charge in [-0.25, -0.2) is 4.79 Å². The van der Waals surface area contributed by atoms with Crippen LogP contribution in [-0.2, 0) is 26.3 Å². The van der Waals surface area contributed by atoms with E-state index in [-0.39, 0.29) is 30.6 Å². The van der Waals surface area contributed by atoms with Crippen LogP contribution in [0, 0.1) is 0 Å². The predicted octanol–water partition coefficient (Wildman–Crippen LogP) is 2.87. The van der Waals surface area contributed by atoms with E-state index in [2.05, 4.69) is 11.9 Å². The molecule has 7 nitrogen and oxygen atoms in total. The number of carbonyl (C=O) groups is 3. The fourth-order valence-electron chi connectivity index (χ4n) is 4.50. The molecule has 1 N–H and O–H groups in total. The van der Waals surface area contributed by atoms with Crippen LogP contribution in [0.1, 0.15) is 24.0 Å². The maximum atomic E-state index is 13.5. The van der Waals surface area contributed by atoms with Gasteiger partial charge in [0.1, 0.15) is 6.61 Å². The number of ether oxygens (including phenoxy) is 1. The van der Waals surface area contributed by atoms with Crippen molar-refractivity contribution in [2.45, 2.75) is 30.9 Å². The van der Waals surface area contributed by atoms with Crippen LogP contribution in [0.4, 0.5) is 4.79 Å². The Kier molecular flexibility index (Phi) is 6.77. The summed E-state index contributed by atoms with van der Waals surface area (Å²) in [5.74, 6) is -0.164. The van der Waals surface area contributed by atoms with Crippen molar-refractivity contribution in [1.29, 1.82) is 0 Å². The van der Waals surface area contributed by atoms with E-state index in [0.717, 1.165) is 11.1 Å². The number of nitrogens with zero attached hydrogens (tertiary/aromatic N) is 2. The van der Waals surface area contributed by atoms with E-state index < -0.39 is 5.41 Å². The van der Waals surface area contributed by atoms with Gasteiger partial charge in [-0.15, -0.1) is 0 Å². The first-order chi connectivity index (χ1) is 16.0. The zero-order valence-electron chi connectivity index (χ0n) is 18.6. The van der Waals surface area contributed by atoms with Crippen molar-refractivity contribution in [3.05, 3.63) is 84.4 Å². The third-order valence-electron chi connectivity index (χ3n) is 6.54. The van der Waals surface area contributed by atoms with E-state index in [1.807, 2.05) is 60.7 Å². The second-order valence-electron chi connectivity index (χ2n) is 8.59. The van der Waals surface area contributed by atoms with Crippen molar-refractivity contribution in [2.24, 2.45) is 0 Å². The molecule has 0 atom stereocenters. The molecule has 2 heterocycles. The topological polar surface area (TPSA) is 79.0 Å². The Morgan fingerprint density at radius 2 is 1.58 bits per heavy atom. The fraction of sp³-hybridized carbons (Fsp3) is 0.346. The molecule has 172 valence electrons. The Hall–Kier alpha value is -3.61. The van der Waals surface area contributed by atoms with Crippen LogP contribution in [0.5, 0.6) is 0 Å². The van der Waals surface area contributed by atoms with E-state index >= 15 is 0 Å². The van der Waals surface area contributed by atoms with Gasteiger partial charge in [-0.1, -0.05) is 67.2 Å². The SMILES string of the molecule is C=CC(=O)N1CCC(C(=O)NC2CN(C(=O)OCc3ccccc3)C2)(c2ccccc2)CC1. The molecule has 2 aromatic rings. The number of hydrogen-bond donors (Lipinski definition) is 1. The number of rotatable bonds is 6. The first kappa shape index (κ1) is 22.6. The van der Waals surface area contributed by atoms with Gasteiger partial charge in [0.25, 0.3) is 0 Å². The lowest BCUT2D eigenvalue weighted by molar-refractivity contribution is -0.135. The summed E-state index contributed by atoms with van der Waals surface area (Å²) in [7, 11) is 0. The first-order valence-corrected chi connectivity index (χ1v) is 11.3. The smallest absolute Gasteiger partial charge is 0.410 e. The molecule has 0 spiro atoms. The van der Waals surface area contributed by atoms with Crippen LogP contribution in [0.2, 0.25) is 0 Å². The van der Waals surface area contributed by atoms with Crippen molar-refractivity contribution < 1.29 is 19.1 Å². The lowest BCUT2D eigenvalue weighted by Gasteiger charge is -2.44. The molecule has 7 heteroatoms. The number of nitrogens with one attached hydrogen (secondary N) is 1. The molecular formula is C26H29N3O4. The molecule has 2 saturated heterocycles. The van der Waals surface area contributed by atoms with E-state index in [0.29, 0.717) is 39.0 Å². The maximum Gasteiger partial charge on any atom is 0.410 e. The van der Waals surface area contributed by atoms with E-state index in [9.17, 15) is 14.4 Å². The van der Waals surface area contributed by atoms with Crippen LogP contribution in [-0.4, -0.2) is 59.9 Å². The second-order valence-corrected chi connectivity index (χ2v) is 8.59. The number of amides is 3. The Bertz CT molecular complexity index is 995. The average Bonchev–Trinajstić information content (AvgIpc) is 2.85. The van der Waals surface area contributed by atoms with E-state index in [1.165, 1.54) is 6.08 Å². The molecule has 0 aromatic heterocycles. The van der Waals surface area contributed by atoms with Crippen molar-refractivity contribution in [3.8, 4) is 0 Å². The molecule has 0 bridgehead atoms. The molecule has 0 radical (unpaired) electrons. The Morgan fingerprint density at radius 3 is 2.18 bits per heavy atom. The van der Waals surface area contributed by atoms with Crippen molar-refractivity contribution in [1.82, 2.24) is 15.1 Å². The van der Waals surface area contributed by atoms with Crippen LogP contribution in [0.3, 0.4) is 0 Å². The highest BCUT2D eigenvalue weighted by Gasteiger charge is 2.45. The van der Waals surface area contributed by atoms with E-state index in [1.54, 1.807) is 9.80 Å². The minimum Gasteiger partial charge on any atom is -0.445 e. The maximum absolute atomic E-state index is 13.5. The summed E-state index contributed by atoms with van der Waals surface area (Å²) in [6.45, 7) is 5.62. The summed E-state index contributed by atoms with van der Waals surface area (Å²) in [5.41, 5.74) is 1.18. The quantitative estimate of drug-likeness (QED) is 0.691. The Morgan fingerprint density at radius 1 is 0.970 bits per heavy atom. The van der Waals surface area contributed by atoms with Gasteiger partial charge in [-0.3, -0.25) is 9.59 Å². The zero-order chi connectivity index (χ0) is 23.3. The van der Waals surface area contributed by atoms with Gasteiger partial charge in [-0.05, 0) is 30.0 Å². The molecule has 33 heavy (non-hydrogen) atoms. The number of benzene rings is 2. The fourth-order valence-corrected chi connectivity index (χ4v) is 4.50. The van der Waals surface area contributed by atoms with E-state index in [4.69, 9.17) is 4.74 Å². The molecule has 2 fully saturated rings. The summed E-state index contributed by atoms with van der Waals surface area (Å²) < 4.78 is 5.36. The molecule has 0 unspecified atom stereocenters. The lowest BCUT2D eigenvalue weighted by atomic mass is 9.71. The number of piperidine rings is 1. The number of likely N-dealkylation sites (tertiary alicyclic amines) is 2. The Balaban J connectivity index is 1.34. The summed E-state index contributed by atoms with van der Waals surface area (Å²) in [6.07, 6.45) is 2.02. The van der Waals surface area contributed by atoms with Crippen LogP contribution in [0.15, 0.2) is 73.3 Å². The van der Waals surface area contributed by atoms with Crippen LogP contribution >= 0.6 is 0 Å². The molecule has 0 aliphatic carbocycles. The summed E-state index contributed by atoms with van der Waals surface area (Å²) in [6, 6.07) is 19.1. The van der Waals surface area contributed by atoms with Gasteiger partial charge in [0, 0.05) is 26.2 Å². The monoisotopic (exact) mass is 447 g/mol. The summed E-state index contributed by atoms with van der Waals surface area (Å²) >= 11 is 0. The highest BCUT2D eigenvalue weighted by atomic mass is 16.6. The first-order valence-electron chi connectivity index (χ1n) is 11.3. The molecule has 4 rings (SSSR count). The summed E-state index contributed by atoms with van der Waals surface area (Å²) in [5, 5.41) is 3.13. The van der Waals surface area contributed by atoms with Crippen molar-refractivity contribution >= 4 is 17.9 Å². The Labute approximate surface area is 194 Å². The highest BCUT2D eigenvalue weighted by molar-refractivity contribution is 5.90. The molecule has 0 saturated carbocycles. The predicted molar refractivity (Wildman–Crippen MR) is 124 cm³/mol. The molecule has 3 amide bonds.